The number of nitrogen functional groups attached to an aromatic ring is 1. The maximum absolute atomic E-state index is 14.3. The molecule has 2 aromatic heterocycles. The number of rotatable bonds is 13. The number of aromatic nitrogens is 4. The maximum atomic E-state index is 14.3. The number of hydrogen-bond acceptors (Lipinski definition) is 8. The second-order valence-corrected chi connectivity index (χ2v) is 12.2. The second-order valence-electron chi connectivity index (χ2n) is 10.1. The first-order valence-corrected chi connectivity index (χ1v) is 15.3. The lowest BCUT2D eigenvalue weighted by atomic mass is 10.1. The number of hydrogen-bond donors (Lipinski definition) is 2. The number of fused-ring (bicyclic) bond motifs is 2. The highest BCUT2D eigenvalue weighted by atomic mass is 31.2. The van der Waals surface area contributed by atoms with E-state index in [1.165, 1.54) is 11.9 Å². The first kappa shape index (κ1) is 28.7. The highest BCUT2D eigenvalue weighted by molar-refractivity contribution is 7.57. The van der Waals surface area contributed by atoms with Gasteiger partial charge in [0.1, 0.15) is 23.9 Å². The molecule has 10 nitrogen and oxygen atoms in total. The van der Waals surface area contributed by atoms with Crippen LogP contribution in [0.1, 0.15) is 25.0 Å². The van der Waals surface area contributed by atoms with Gasteiger partial charge in [0.15, 0.2) is 11.5 Å². The minimum Gasteiger partial charge on any atom is -0.431 e. The molecule has 0 saturated heterocycles. The van der Waals surface area contributed by atoms with Crippen molar-refractivity contribution in [1.82, 2.24) is 24.6 Å². The lowest BCUT2D eigenvalue weighted by Crippen LogP contribution is -2.32. The van der Waals surface area contributed by atoms with E-state index in [0.717, 1.165) is 16.3 Å². The molecule has 5 rings (SSSR count). The van der Waals surface area contributed by atoms with Crippen LogP contribution in [0.2, 0.25) is 0 Å². The van der Waals surface area contributed by atoms with Crippen molar-refractivity contribution in [2.45, 2.75) is 46.1 Å². The van der Waals surface area contributed by atoms with Crippen molar-refractivity contribution in [3.05, 3.63) is 90.5 Å². The normalized spacial score (nSPS) is 14.6. The van der Waals surface area contributed by atoms with Crippen molar-refractivity contribution >= 4 is 35.3 Å². The molecule has 3 aromatic carbocycles. The Kier molecular flexibility index (Phi) is 8.95. The van der Waals surface area contributed by atoms with Crippen LogP contribution < -0.4 is 15.3 Å². The highest BCUT2D eigenvalue weighted by Gasteiger charge is 2.29. The minimum atomic E-state index is -3.55. The Hall–Kier alpha value is -3.82. The van der Waals surface area contributed by atoms with Gasteiger partial charge in [-0.25, -0.2) is 20.0 Å². The molecule has 11 heteroatoms. The van der Waals surface area contributed by atoms with Crippen LogP contribution >= 0.6 is 7.52 Å². The molecule has 0 radical (unpaired) electrons. The van der Waals surface area contributed by atoms with Gasteiger partial charge in [-0.1, -0.05) is 60.7 Å². The fourth-order valence-corrected chi connectivity index (χ4v) is 6.46. The molecule has 2 heterocycles. The molecule has 2 unspecified atom stereocenters. The topological polar surface area (TPSA) is 126 Å². The Bertz CT molecular complexity index is 1670. The third-order valence-corrected chi connectivity index (χ3v) is 8.53. The van der Waals surface area contributed by atoms with Crippen molar-refractivity contribution in [2.24, 2.45) is 0 Å². The van der Waals surface area contributed by atoms with E-state index < -0.39 is 7.52 Å². The Labute approximate surface area is 239 Å². The number of ether oxygens (including phenoxy) is 2. The summed E-state index contributed by atoms with van der Waals surface area (Å²) in [5.41, 5.74) is 9.35. The summed E-state index contributed by atoms with van der Waals surface area (Å²) in [6.45, 7) is 7.11. The van der Waals surface area contributed by atoms with E-state index in [4.69, 9.17) is 19.7 Å². The van der Waals surface area contributed by atoms with Crippen LogP contribution in [0.5, 0.6) is 5.75 Å². The zero-order valence-corrected chi connectivity index (χ0v) is 24.3. The molecule has 0 aliphatic carbocycles. The molecule has 3 atom stereocenters. The average Bonchev–Trinajstić information content (AvgIpc) is 3.37. The minimum absolute atomic E-state index is 0.150. The first-order chi connectivity index (χ1) is 19.8. The lowest BCUT2D eigenvalue weighted by Gasteiger charge is -2.26. The van der Waals surface area contributed by atoms with Crippen molar-refractivity contribution in [2.75, 3.05) is 18.7 Å². The summed E-state index contributed by atoms with van der Waals surface area (Å²) < 4.78 is 34.5. The molecule has 0 bridgehead atoms. The van der Waals surface area contributed by atoms with Gasteiger partial charge in [0.2, 0.25) is 0 Å². The Morgan fingerprint density at radius 3 is 2.63 bits per heavy atom. The largest absolute Gasteiger partial charge is 0.431 e. The monoisotopic (exact) mass is 574 g/mol. The quantitative estimate of drug-likeness (QED) is 0.170. The van der Waals surface area contributed by atoms with Gasteiger partial charge in [0.05, 0.1) is 32.2 Å². The number of nitrogens with two attached hydrogens (primary N) is 1. The summed E-state index contributed by atoms with van der Waals surface area (Å²) in [5.74, 6) is 0.842. The molecule has 0 fully saturated rings. The smallest absolute Gasteiger partial charge is 0.342 e. The van der Waals surface area contributed by atoms with Gasteiger partial charge < -0.3 is 24.3 Å². The molecule has 0 amide bonds. The van der Waals surface area contributed by atoms with Gasteiger partial charge in [0.25, 0.3) is 0 Å². The Balaban J connectivity index is 1.29. The molecule has 41 heavy (non-hydrogen) atoms. The zero-order chi connectivity index (χ0) is 28.8. The van der Waals surface area contributed by atoms with E-state index in [1.807, 2.05) is 79.1 Å². The zero-order valence-electron chi connectivity index (χ0n) is 23.4. The fourth-order valence-electron chi connectivity index (χ4n) is 4.60. The molecular weight excluding hydrogens is 539 g/mol. The summed E-state index contributed by atoms with van der Waals surface area (Å²) in [7, 11) is -3.55. The second kappa shape index (κ2) is 12.8. The lowest BCUT2D eigenvalue weighted by molar-refractivity contribution is 0.0800. The number of anilines is 1. The van der Waals surface area contributed by atoms with E-state index in [-0.39, 0.29) is 18.5 Å². The van der Waals surface area contributed by atoms with Gasteiger partial charge in [-0.15, -0.1) is 0 Å². The van der Waals surface area contributed by atoms with Crippen LogP contribution in [0, 0.1) is 6.92 Å². The number of nitrogens with one attached hydrogen (secondary N) is 1. The van der Waals surface area contributed by atoms with Gasteiger partial charge in [-0.05, 0) is 43.4 Å². The van der Waals surface area contributed by atoms with Crippen molar-refractivity contribution < 1.29 is 18.6 Å². The van der Waals surface area contributed by atoms with Crippen molar-refractivity contribution in [3.63, 3.8) is 0 Å². The number of aryl methyl sites for hydroxylation is 1. The highest BCUT2D eigenvalue weighted by Crippen LogP contribution is 2.46. The van der Waals surface area contributed by atoms with Crippen LogP contribution in [0.4, 0.5) is 5.82 Å². The Morgan fingerprint density at radius 2 is 1.78 bits per heavy atom. The molecule has 5 aromatic rings. The van der Waals surface area contributed by atoms with Crippen molar-refractivity contribution in [1.29, 1.82) is 0 Å². The molecular formula is C30H35N6O4P. The van der Waals surface area contributed by atoms with E-state index in [1.54, 1.807) is 6.33 Å². The Morgan fingerprint density at radius 1 is 1.00 bits per heavy atom. The third kappa shape index (κ3) is 7.10. The number of nitrogens with zero attached hydrogens (tertiary/aromatic N) is 4. The van der Waals surface area contributed by atoms with Gasteiger partial charge in [-0.3, -0.25) is 4.57 Å². The van der Waals surface area contributed by atoms with Gasteiger partial charge in [-0.2, -0.15) is 0 Å². The predicted molar refractivity (Wildman–Crippen MR) is 161 cm³/mol. The van der Waals surface area contributed by atoms with E-state index in [9.17, 15) is 4.57 Å². The molecule has 0 spiro atoms. The standard InChI is InChI=1S/C30H35N6O4P/c1-21-9-4-5-11-25(21)17-38-16-22(2)35-41(37,40-27-14-8-12-24-10-6-7-13-26(24)27)20-39-23(3)15-36-19-34-28-29(31)32-18-33-30(28)36/h4-14,18-19,22-23H,15-17,20H2,1-3H3,(H,35,37)(H2,31,32,33)/t22?,23-,41?/m1/s1. The van der Waals surface area contributed by atoms with E-state index >= 15 is 0 Å². The summed E-state index contributed by atoms with van der Waals surface area (Å²) in [5, 5.41) is 5.05. The average molecular weight is 575 g/mol. The van der Waals surface area contributed by atoms with Crippen molar-refractivity contribution in [3.8, 4) is 5.75 Å². The van der Waals surface area contributed by atoms with Crippen LogP contribution in [-0.2, 0) is 27.2 Å². The molecule has 0 aliphatic rings. The predicted octanol–water partition coefficient (Wildman–Crippen LogP) is 5.70. The number of benzene rings is 3. The fraction of sp³-hybridized carbons (Fsp3) is 0.300. The van der Waals surface area contributed by atoms with Crippen LogP contribution in [0.3, 0.4) is 0 Å². The van der Waals surface area contributed by atoms with Crippen LogP contribution in [0.15, 0.2) is 79.4 Å². The molecule has 3 N–H and O–H groups in total. The number of imidazole rings is 1. The summed E-state index contributed by atoms with van der Waals surface area (Å²) in [4.78, 5) is 12.6. The summed E-state index contributed by atoms with van der Waals surface area (Å²) in [6, 6.07) is 21.4. The summed E-state index contributed by atoms with van der Waals surface area (Å²) in [6.07, 6.45) is 2.57. The third-order valence-electron chi connectivity index (χ3n) is 6.71. The van der Waals surface area contributed by atoms with Gasteiger partial charge >= 0.3 is 7.52 Å². The molecule has 0 aliphatic heterocycles. The SMILES string of the molecule is Cc1ccccc1COCC(C)NP(=O)(CO[C@H](C)Cn1cnc2c(N)ncnc21)Oc1cccc2ccccc12. The first-order valence-electron chi connectivity index (χ1n) is 13.5. The van der Waals surface area contributed by atoms with E-state index in [0.29, 0.717) is 42.5 Å². The molecule has 214 valence electrons. The van der Waals surface area contributed by atoms with Crippen LogP contribution in [-0.4, -0.2) is 44.6 Å². The van der Waals surface area contributed by atoms with Gasteiger partial charge in [0, 0.05) is 11.4 Å². The molecule has 0 saturated carbocycles. The van der Waals surface area contributed by atoms with E-state index in [2.05, 4.69) is 33.0 Å². The maximum Gasteiger partial charge on any atom is 0.342 e. The summed E-state index contributed by atoms with van der Waals surface area (Å²) >= 11 is 0. The van der Waals surface area contributed by atoms with Crippen LogP contribution in [0.25, 0.3) is 21.9 Å².